The van der Waals surface area contributed by atoms with Crippen molar-refractivity contribution in [1.29, 1.82) is 0 Å². The number of carbonyl (C=O) groups excluding carboxylic acids is 1. The summed E-state index contributed by atoms with van der Waals surface area (Å²) >= 11 is 9.59. The molecule has 0 fully saturated rings. The lowest BCUT2D eigenvalue weighted by molar-refractivity contribution is 0.102. The maximum absolute atomic E-state index is 12.4. The first kappa shape index (κ1) is 16.8. The van der Waals surface area contributed by atoms with E-state index in [1.165, 1.54) is 0 Å². The van der Waals surface area contributed by atoms with Crippen molar-refractivity contribution in [3.63, 3.8) is 0 Å². The zero-order valence-corrected chi connectivity index (χ0v) is 15.1. The van der Waals surface area contributed by atoms with Crippen LogP contribution in [0.1, 0.15) is 22.8 Å². The van der Waals surface area contributed by atoms with Crippen LogP contribution >= 0.6 is 27.5 Å². The van der Waals surface area contributed by atoms with Gasteiger partial charge in [-0.3, -0.25) is 4.79 Å². The van der Waals surface area contributed by atoms with E-state index in [2.05, 4.69) is 33.1 Å². The number of aryl methyl sites for hydroxylation is 1. The maximum atomic E-state index is 12.4. The SMILES string of the molecule is CCN(C)c1ccc(C(=O)Nc2c(C)cc(Br)cc2Cl)cc1. The van der Waals surface area contributed by atoms with Gasteiger partial charge < -0.3 is 10.2 Å². The fourth-order valence-electron chi connectivity index (χ4n) is 2.10. The molecule has 0 spiro atoms. The molecule has 0 bridgehead atoms. The Kier molecular flexibility index (Phi) is 5.48. The van der Waals surface area contributed by atoms with Gasteiger partial charge >= 0.3 is 0 Å². The average Bonchev–Trinajstić information content (AvgIpc) is 2.50. The van der Waals surface area contributed by atoms with Crippen LogP contribution in [0, 0.1) is 6.92 Å². The predicted octanol–water partition coefficient (Wildman–Crippen LogP) is 5.12. The molecule has 2 aromatic carbocycles. The van der Waals surface area contributed by atoms with E-state index < -0.39 is 0 Å². The second-order valence-corrected chi connectivity index (χ2v) is 6.42. The van der Waals surface area contributed by atoms with Gasteiger partial charge in [0.15, 0.2) is 0 Å². The number of hydrogen-bond acceptors (Lipinski definition) is 2. The normalized spacial score (nSPS) is 10.4. The van der Waals surface area contributed by atoms with Crippen molar-refractivity contribution in [2.45, 2.75) is 13.8 Å². The van der Waals surface area contributed by atoms with Crippen molar-refractivity contribution < 1.29 is 4.79 Å². The van der Waals surface area contributed by atoms with Gasteiger partial charge in [0.05, 0.1) is 10.7 Å². The molecule has 22 heavy (non-hydrogen) atoms. The number of nitrogens with zero attached hydrogens (tertiary/aromatic N) is 1. The summed E-state index contributed by atoms with van der Waals surface area (Å²) in [5, 5.41) is 3.40. The quantitative estimate of drug-likeness (QED) is 0.797. The standard InChI is InChI=1S/C17H18BrClN2O/c1-4-21(3)14-7-5-12(6-8-14)17(22)20-16-11(2)9-13(18)10-15(16)19/h5-10H,4H2,1-3H3,(H,20,22). The lowest BCUT2D eigenvalue weighted by atomic mass is 10.1. The topological polar surface area (TPSA) is 32.3 Å². The lowest BCUT2D eigenvalue weighted by Gasteiger charge is -2.17. The molecule has 0 saturated heterocycles. The Morgan fingerprint density at radius 2 is 1.91 bits per heavy atom. The van der Waals surface area contributed by atoms with Crippen LogP contribution in [0.3, 0.4) is 0 Å². The van der Waals surface area contributed by atoms with Gasteiger partial charge in [-0.05, 0) is 55.8 Å². The predicted molar refractivity (Wildman–Crippen MR) is 97.2 cm³/mol. The van der Waals surface area contributed by atoms with Gasteiger partial charge in [0.25, 0.3) is 5.91 Å². The summed E-state index contributed by atoms with van der Waals surface area (Å²) in [4.78, 5) is 14.5. The molecule has 1 amide bonds. The first-order valence-corrected chi connectivity index (χ1v) is 8.17. The van der Waals surface area contributed by atoms with Crippen molar-refractivity contribution in [2.24, 2.45) is 0 Å². The fraction of sp³-hybridized carbons (Fsp3) is 0.235. The van der Waals surface area contributed by atoms with Crippen molar-refractivity contribution >= 4 is 44.8 Å². The van der Waals surface area contributed by atoms with E-state index in [0.717, 1.165) is 22.3 Å². The van der Waals surface area contributed by atoms with Crippen LogP contribution in [0.25, 0.3) is 0 Å². The minimum absolute atomic E-state index is 0.168. The van der Waals surface area contributed by atoms with E-state index in [1.54, 1.807) is 6.07 Å². The summed E-state index contributed by atoms with van der Waals surface area (Å²) in [6, 6.07) is 11.2. The van der Waals surface area contributed by atoms with Gasteiger partial charge in [-0.1, -0.05) is 27.5 Å². The van der Waals surface area contributed by atoms with E-state index in [4.69, 9.17) is 11.6 Å². The number of benzene rings is 2. The maximum Gasteiger partial charge on any atom is 0.255 e. The molecule has 2 aromatic rings. The molecule has 0 heterocycles. The highest BCUT2D eigenvalue weighted by Crippen LogP contribution is 2.30. The Bertz CT molecular complexity index is 663. The lowest BCUT2D eigenvalue weighted by Crippen LogP contribution is -2.16. The zero-order chi connectivity index (χ0) is 16.3. The minimum Gasteiger partial charge on any atom is -0.375 e. The molecule has 0 unspecified atom stereocenters. The second-order valence-electron chi connectivity index (χ2n) is 5.09. The van der Waals surface area contributed by atoms with Crippen LogP contribution in [0.5, 0.6) is 0 Å². The molecule has 116 valence electrons. The fourth-order valence-corrected chi connectivity index (χ4v) is 3.11. The van der Waals surface area contributed by atoms with Gasteiger partial charge in [0.1, 0.15) is 0 Å². The Morgan fingerprint density at radius 1 is 1.27 bits per heavy atom. The Hall–Kier alpha value is -1.52. The van der Waals surface area contributed by atoms with Crippen LogP contribution in [-0.4, -0.2) is 19.5 Å². The molecule has 3 nitrogen and oxygen atoms in total. The summed E-state index contributed by atoms with van der Waals surface area (Å²) in [5.74, 6) is -0.168. The van der Waals surface area contributed by atoms with Crippen molar-refractivity contribution in [2.75, 3.05) is 23.8 Å². The molecule has 0 radical (unpaired) electrons. The number of nitrogens with one attached hydrogen (secondary N) is 1. The number of hydrogen-bond donors (Lipinski definition) is 1. The van der Waals surface area contributed by atoms with Crippen LogP contribution < -0.4 is 10.2 Å². The third-order valence-corrected chi connectivity index (χ3v) is 4.29. The number of rotatable bonds is 4. The third kappa shape index (κ3) is 3.81. The number of anilines is 2. The van der Waals surface area contributed by atoms with E-state index in [-0.39, 0.29) is 5.91 Å². The molecular weight excluding hydrogens is 364 g/mol. The number of halogens is 2. The van der Waals surface area contributed by atoms with Crippen LogP contribution in [0.15, 0.2) is 40.9 Å². The second kappa shape index (κ2) is 7.16. The van der Waals surface area contributed by atoms with E-state index >= 15 is 0 Å². The summed E-state index contributed by atoms with van der Waals surface area (Å²) in [7, 11) is 2.01. The van der Waals surface area contributed by atoms with Gasteiger partial charge in [0.2, 0.25) is 0 Å². The smallest absolute Gasteiger partial charge is 0.255 e. The van der Waals surface area contributed by atoms with Gasteiger partial charge in [-0.2, -0.15) is 0 Å². The molecule has 1 N–H and O–H groups in total. The number of amides is 1. The molecule has 0 saturated carbocycles. The van der Waals surface area contributed by atoms with Gasteiger partial charge in [-0.15, -0.1) is 0 Å². The molecule has 0 aliphatic carbocycles. The van der Waals surface area contributed by atoms with Crippen LogP contribution in [-0.2, 0) is 0 Å². The van der Waals surface area contributed by atoms with Gasteiger partial charge in [0, 0.05) is 29.3 Å². The highest BCUT2D eigenvalue weighted by molar-refractivity contribution is 9.10. The van der Waals surface area contributed by atoms with E-state index in [0.29, 0.717) is 16.3 Å². The highest BCUT2D eigenvalue weighted by atomic mass is 79.9. The van der Waals surface area contributed by atoms with Crippen molar-refractivity contribution in [1.82, 2.24) is 0 Å². The molecular formula is C17H18BrClN2O. The van der Waals surface area contributed by atoms with Gasteiger partial charge in [-0.25, -0.2) is 0 Å². The Balaban J connectivity index is 2.19. The minimum atomic E-state index is -0.168. The molecule has 0 aliphatic rings. The third-order valence-electron chi connectivity index (χ3n) is 3.54. The largest absolute Gasteiger partial charge is 0.375 e. The zero-order valence-electron chi connectivity index (χ0n) is 12.8. The van der Waals surface area contributed by atoms with Crippen molar-refractivity contribution in [3.8, 4) is 0 Å². The summed E-state index contributed by atoms with van der Waals surface area (Å²) < 4.78 is 0.889. The molecule has 5 heteroatoms. The monoisotopic (exact) mass is 380 g/mol. The highest BCUT2D eigenvalue weighted by Gasteiger charge is 2.12. The van der Waals surface area contributed by atoms with E-state index in [1.807, 2.05) is 44.3 Å². The Morgan fingerprint density at radius 3 is 2.45 bits per heavy atom. The summed E-state index contributed by atoms with van der Waals surface area (Å²) in [6.07, 6.45) is 0. The van der Waals surface area contributed by atoms with Crippen LogP contribution in [0.4, 0.5) is 11.4 Å². The van der Waals surface area contributed by atoms with Crippen molar-refractivity contribution in [3.05, 3.63) is 57.0 Å². The molecule has 0 aliphatic heterocycles. The van der Waals surface area contributed by atoms with Crippen LogP contribution in [0.2, 0.25) is 5.02 Å². The first-order chi connectivity index (χ1) is 10.4. The number of carbonyl (C=O) groups is 1. The average molecular weight is 382 g/mol. The molecule has 0 aromatic heterocycles. The first-order valence-electron chi connectivity index (χ1n) is 7.00. The molecule has 0 atom stereocenters. The summed E-state index contributed by atoms with van der Waals surface area (Å²) in [5.41, 5.74) is 3.24. The Labute approximate surface area is 144 Å². The molecule has 2 rings (SSSR count). The summed E-state index contributed by atoms with van der Waals surface area (Å²) in [6.45, 7) is 4.91. The van der Waals surface area contributed by atoms with E-state index in [9.17, 15) is 4.79 Å².